The van der Waals surface area contributed by atoms with Crippen LogP contribution in [-0.4, -0.2) is 42.7 Å². The maximum absolute atomic E-state index is 12.7. The number of anilines is 1. The second-order valence-corrected chi connectivity index (χ2v) is 8.77. The van der Waals surface area contributed by atoms with Gasteiger partial charge in [-0.3, -0.25) is 9.52 Å². The molecule has 3 rings (SSSR count). The van der Waals surface area contributed by atoms with Crippen molar-refractivity contribution in [1.29, 1.82) is 0 Å². The van der Waals surface area contributed by atoms with Gasteiger partial charge in [0.1, 0.15) is 0 Å². The summed E-state index contributed by atoms with van der Waals surface area (Å²) in [6, 6.07) is 11.8. The summed E-state index contributed by atoms with van der Waals surface area (Å²) in [5.74, 6) is 0.354. The number of sulfonamides is 1. The Labute approximate surface area is 173 Å². The van der Waals surface area contributed by atoms with Crippen LogP contribution < -0.4 is 4.72 Å². The number of aromatic nitrogens is 2. The largest absolute Gasteiger partial charge is 0.337 e. The van der Waals surface area contributed by atoms with Crippen LogP contribution in [0.5, 0.6) is 0 Å². The molecular weight excluding hydrogens is 416 g/mol. The van der Waals surface area contributed by atoms with Gasteiger partial charge in [0.05, 0.1) is 18.5 Å². The van der Waals surface area contributed by atoms with E-state index in [0.29, 0.717) is 27.7 Å². The van der Waals surface area contributed by atoms with Crippen LogP contribution in [0.15, 0.2) is 47.0 Å². The summed E-state index contributed by atoms with van der Waals surface area (Å²) in [5.41, 5.74) is 2.14. The van der Waals surface area contributed by atoms with Gasteiger partial charge in [-0.1, -0.05) is 22.8 Å². The summed E-state index contributed by atoms with van der Waals surface area (Å²) < 4.78 is 30.7. The number of carbonyl (C=O) groups is 1. The highest BCUT2D eigenvalue weighted by molar-refractivity contribution is 7.92. The first-order chi connectivity index (χ1) is 13.6. The zero-order valence-corrected chi connectivity index (χ0v) is 17.6. The molecule has 0 aliphatic heterocycles. The van der Waals surface area contributed by atoms with Gasteiger partial charge in [0.15, 0.2) is 0 Å². The Morgan fingerprint density at radius 3 is 2.55 bits per heavy atom. The molecule has 8 nitrogen and oxygen atoms in total. The summed E-state index contributed by atoms with van der Waals surface area (Å²) in [6.45, 7) is 1.85. The number of nitrogens with zero attached hydrogens (tertiary/aromatic N) is 3. The highest BCUT2D eigenvalue weighted by atomic mass is 35.5. The molecule has 1 heterocycles. The minimum absolute atomic E-state index is 0.0993. The molecule has 1 N–H and O–H groups in total. The third-order valence-electron chi connectivity index (χ3n) is 4.07. The number of aryl methyl sites for hydroxylation is 1. The molecule has 10 heteroatoms. The molecule has 0 unspecified atom stereocenters. The summed E-state index contributed by atoms with van der Waals surface area (Å²) >= 11 is 5.88. The minimum atomic E-state index is -3.45. The number of hydrogen-bond acceptors (Lipinski definition) is 6. The molecule has 152 valence electrons. The fourth-order valence-corrected chi connectivity index (χ4v) is 3.34. The van der Waals surface area contributed by atoms with Crippen molar-refractivity contribution in [2.24, 2.45) is 0 Å². The molecule has 0 aliphatic rings. The van der Waals surface area contributed by atoms with Crippen LogP contribution >= 0.6 is 11.6 Å². The lowest BCUT2D eigenvalue weighted by Gasteiger charge is -2.16. The Morgan fingerprint density at radius 1 is 1.21 bits per heavy atom. The summed E-state index contributed by atoms with van der Waals surface area (Å²) in [7, 11) is -1.86. The van der Waals surface area contributed by atoms with E-state index in [-0.39, 0.29) is 18.3 Å². The van der Waals surface area contributed by atoms with Crippen molar-refractivity contribution in [2.75, 3.05) is 18.0 Å². The monoisotopic (exact) mass is 434 g/mol. The van der Waals surface area contributed by atoms with Crippen molar-refractivity contribution in [3.8, 4) is 11.4 Å². The Bertz CT molecular complexity index is 1140. The molecule has 1 amide bonds. The van der Waals surface area contributed by atoms with E-state index in [9.17, 15) is 13.2 Å². The molecule has 0 fully saturated rings. The van der Waals surface area contributed by atoms with Crippen LogP contribution in [0, 0.1) is 6.92 Å². The summed E-state index contributed by atoms with van der Waals surface area (Å²) in [4.78, 5) is 18.4. The molecule has 3 aromatic rings. The van der Waals surface area contributed by atoms with E-state index >= 15 is 0 Å². The second-order valence-electron chi connectivity index (χ2n) is 6.58. The molecule has 1 aromatic heterocycles. The smallest absolute Gasteiger partial charge is 0.254 e. The average molecular weight is 435 g/mol. The van der Waals surface area contributed by atoms with Crippen LogP contribution in [-0.2, 0) is 16.6 Å². The van der Waals surface area contributed by atoms with Gasteiger partial charge in [-0.2, -0.15) is 4.98 Å². The van der Waals surface area contributed by atoms with Crippen LogP contribution in [0.25, 0.3) is 11.4 Å². The third kappa shape index (κ3) is 5.33. The topological polar surface area (TPSA) is 105 Å². The van der Waals surface area contributed by atoms with Crippen LogP contribution in [0.1, 0.15) is 21.8 Å². The summed E-state index contributed by atoms with van der Waals surface area (Å²) in [5, 5.41) is 4.53. The van der Waals surface area contributed by atoms with Gasteiger partial charge in [0, 0.05) is 23.2 Å². The van der Waals surface area contributed by atoms with Crippen molar-refractivity contribution < 1.29 is 17.7 Å². The minimum Gasteiger partial charge on any atom is -0.337 e. The standard InChI is InChI=1S/C19H19ClN4O4S/c1-12-4-5-14(10-16(12)23-29(3,26)27)19(25)24(2)11-17-21-18(22-28-17)13-6-8-15(20)9-7-13/h4-10,23H,11H2,1-3H3. The van der Waals surface area contributed by atoms with Gasteiger partial charge in [0.25, 0.3) is 5.91 Å². The molecule has 0 bridgehead atoms. The number of hydrogen-bond donors (Lipinski definition) is 1. The number of halogens is 1. The Balaban J connectivity index is 1.74. The lowest BCUT2D eigenvalue weighted by Crippen LogP contribution is -2.26. The van der Waals surface area contributed by atoms with Crippen LogP contribution in [0.4, 0.5) is 5.69 Å². The molecule has 0 spiro atoms. The Morgan fingerprint density at radius 2 is 1.90 bits per heavy atom. The van der Waals surface area contributed by atoms with Crippen molar-refractivity contribution >= 4 is 33.2 Å². The van der Waals surface area contributed by atoms with E-state index < -0.39 is 10.0 Å². The van der Waals surface area contributed by atoms with Gasteiger partial charge < -0.3 is 9.42 Å². The molecular formula is C19H19ClN4O4S. The fraction of sp³-hybridized carbons (Fsp3) is 0.211. The lowest BCUT2D eigenvalue weighted by molar-refractivity contribution is 0.0769. The summed E-state index contributed by atoms with van der Waals surface area (Å²) in [6.07, 6.45) is 1.06. The molecule has 0 radical (unpaired) electrons. The van der Waals surface area contributed by atoms with E-state index in [4.69, 9.17) is 16.1 Å². The first kappa shape index (κ1) is 20.8. The molecule has 0 atom stereocenters. The predicted molar refractivity (Wildman–Crippen MR) is 110 cm³/mol. The van der Waals surface area contributed by atoms with E-state index in [1.165, 1.54) is 11.0 Å². The maximum atomic E-state index is 12.7. The quantitative estimate of drug-likeness (QED) is 0.637. The first-order valence-electron chi connectivity index (χ1n) is 8.55. The van der Waals surface area contributed by atoms with Crippen molar-refractivity contribution in [3.63, 3.8) is 0 Å². The number of benzene rings is 2. The Kier molecular flexibility index (Phi) is 5.90. The zero-order valence-electron chi connectivity index (χ0n) is 16.0. The average Bonchev–Trinajstić information content (AvgIpc) is 3.11. The van der Waals surface area contributed by atoms with E-state index in [2.05, 4.69) is 14.9 Å². The van der Waals surface area contributed by atoms with E-state index in [1.807, 2.05) is 0 Å². The van der Waals surface area contributed by atoms with Gasteiger partial charge in [-0.15, -0.1) is 0 Å². The normalized spacial score (nSPS) is 11.3. The maximum Gasteiger partial charge on any atom is 0.254 e. The molecule has 0 saturated heterocycles. The number of nitrogens with one attached hydrogen (secondary N) is 1. The molecule has 0 aliphatic carbocycles. The highest BCUT2D eigenvalue weighted by Crippen LogP contribution is 2.21. The Hall–Kier alpha value is -2.91. The van der Waals surface area contributed by atoms with Gasteiger partial charge in [-0.25, -0.2) is 8.42 Å². The zero-order chi connectivity index (χ0) is 21.2. The lowest BCUT2D eigenvalue weighted by atomic mass is 10.1. The first-order valence-corrected chi connectivity index (χ1v) is 10.8. The number of carbonyl (C=O) groups excluding carboxylic acids is 1. The van der Waals surface area contributed by atoms with Crippen molar-refractivity contribution in [3.05, 3.63) is 64.5 Å². The van der Waals surface area contributed by atoms with Gasteiger partial charge in [0.2, 0.25) is 21.7 Å². The molecule has 2 aromatic carbocycles. The van der Waals surface area contributed by atoms with Gasteiger partial charge >= 0.3 is 0 Å². The second kappa shape index (κ2) is 8.22. The van der Waals surface area contributed by atoms with Crippen molar-refractivity contribution in [2.45, 2.75) is 13.5 Å². The highest BCUT2D eigenvalue weighted by Gasteiger charge is 2.18. The van der Waals surface area contributed by atoms with E-state index in [0.717, 1.165) is 11.8 Å². The van der Waals surface area contributed by atoms with Gasteiger partial charge in [-0.05, 0) is 48.9 Å². The SMILES string of the molecule is Cc1ccc(C(=O)N(C)Cc2nc(-c3ccc(Cl)cc3)no2)cc1NS(C)(=O)=O. The van der Waals surface area contributed by atoms with E-state index in [1.54, 1.807) is 50.4 Å². The predicted octanol–water partition coefficient (Wildman–Crippen LogP) is 3.34. The van der Waals surface area contributed by atoms with Crippen LogP contribution in [0.3, 0.4) is 0 Å². The number of rotatable bonds is 6. The van der Waals surface area contributed by atoms with Crippen molar-refractivity contribution in [1.82, 2.24) is 15.0 Å². The third-order valence-corrected chi connectivity index (χ3v) is 4.91. The fourth-order valence-electron chi connectivity index (χ4n) is 2.60. The number of amides is 1. The molecule has 0 saturated carbocycles. The molecule has 29 heavy (non-hydrogen) atoms. The van der Waals surface area contributed by atoms with Crippen LogP contribution in [0.2, 0.25) is 5.02 Å².